The molecule has 3 nitrogen and oxygen atoms in total. The first-order valence-corrected chi connectivity index (χ1v) is 6.88. The fourth-order valence-electron chi connectivity index (χ4n) is 1.60. The lowest BCUT2D eigenvalue weighted by molar-refractivity contribution is 0.0951. The lowest BCUT2D eigenvalue weighted by atomic mass is 10.1. The molecule has 1 aromatic carbocycles. The van der Waals surface area contributed by atoms with Crippen LogP contribution in [0.25, 0.3) is 0 Å². The van der Waals surface area contributed by atoms with E-state index in [0.717, 1.165) is 15.6 Å². The zero-order valence-electron chi connectivity index (χ0n) is 10.3. The maximum absolute atomic E-state index is 12.0. The summed E-state index contributed by atoms with van der Waals surface area (Å²) in [6, 6.07) is 7.03. The lowest BCUT2D eigenvalue weighted by Gasteiger charge is -2.08. The van der Waals surface area contributed by atoms with Crippen LogP contribution in [0, 0.1) is 6.92 Å². The number of nitrogens with zero attached hydrogens (tertiary/aromatic N) is 1. The van der Waals surface area contributed by atoms with Crippen molar-refractivity contribution in [2.24, 2.45) is 0 Å². The molecule has 0 bridgehead atoms. The molecule has 5 heteroatoms. The summed E-state index contributed by atoms with van der Waals surface area (Å²) >= 11 is 9.26. The van der Waals surface area contributed by atoms with Gasteiger partial charge >= 0.3 is 0 Å². The molecule has 2 rings (SSSR count). The van der Waals surface area contributed by atoms with Crippen molar-refractivity contribution in [1.82, 2.24) is 10.3 Å². The molecule has 1 aromatic heterocycles. The number of rotatable bonds is 3. The minimum Gasteiger partial charge on any atom is -0.348 e. The molecule has 1 N–H and O–H groups in total. The van der Waals surface area contributed by atoms with E-state index < -0.39 is 0 Å². The summed E-state index contributed by atoms with van der Waals surface area (Å²) in [7, 11) is 0. The Morgan fingerprint density at radius 1 is 1.42 bits per heavy atom. The highest BCUT2D eigenvalue weighted by atomic mass is 79.9. The molecule has 0 saturated carbocycles. The van der Waals surface area contributed by atoms with Crippen LogP contribution in [-0.2, 0) is 6.54 Å². The van der Waals surface area contributed by atoms with Gasteiger partial charge in [-0.25, -0.2) is 0 Å². The van der Waals surface area contributed by atoms with E-state index >= 15 is 0 Å². The number of benzene rings is 1. The van der Waals surface area contributed by atoms with Crippen molar-refractivity contribution in [3.8, 4) is 0 Å². The van der Waals surface area contributed by atoms with Gasteiger partial charge in [0.2, 0.25) is 0 Å². The molecule has 0 radical (unpaired) electrons. The molecule has 0 unspecified atom stereocenters. The highest BCUT2D eigenvalue weighted by molar-refractivity contribution is 9.10. The summed E-state index contributed by atoms with van der Waals surface area (Å²) < 4.78 is 0.772. The minimum atomic E-state index is -0.155. The summed E-state index contributed by atoms with van der Waals surface area (Å²) in [6.07, 6.45) is 3.49. The molecule has 0 aliphatic carbocycles. The molecule has 1 amide bonds. The number of aromatic nitrogens is 1. The second kappa shape index (κ2) is 6.17. The van der Waals surface area contributed by atoms with Crippen LogP contribution in [0.15, 0.2) is 41.1 Å². The first kappa shape index (κ1) is 14.0. The highest BCUT2D eigenvalue weighted by Crippen LogP contribution is 2.23. The van der Waals surface area contributed by atoms with Crippen LogP contribution >= 0.6 is 27.5 Å². The number of aryl methyl sites for hydroxylation is 1. The number of carbonyl (C=O) groups excluding carboxylic acids is 1. The van der Waals surface area contributed by atoms with Crippen LogP contribution in [0.3, 0.4) is 0 Å². The molecule has 0 saturated heterocycles. The third-order valence-electron chi connectivity index (χ3n) is 2.77. The minimum absolute atomic E-state index is 0.155. The van der Waals surface area contributed by atoms with E-state index in [2.05, 4.69) is 26.2 Å². The smallest absolute Gasteiger partial charge is 0.251 e. The molecule has 0 atom stereocenters. The van der Waals surface area contributed by atoms with Gasteiger partial charge in [-0.05, 0) is 58.2 Å². The summed E-state index contributed by atoms with van der Waals surface area (Å²) in [6.45, 7) is 2.44. The Kier molecular flexibility index (Phi) is 4.56. The number of amides is 1. The van der Waals surface area contributed by atoms with Crippen molar-refractivity contribution in [2.45, 2.75) is 13.5 Å². The Labute approximate surface area is 125 Å². The predicted octanol–water partition coefficient (Wildman–Crippen LogP) is 3.74. The number of hydrogen-bond acceptors (Lipinski definition) is 2. The van der Waals surface area contributed by atoms with Crippen molar-refractivity contribution >= 4 is 33.4 Å². The Balaban J connectivity index is 2.05. The molecule has 19 heavy (non-hydrogen) atoms. The zero-order chi connectivity index (χ0) is 13.8. The number of carbonyl (C=O) groups is 1. The topological polar surface area (TPSA) is 42.0 Å². The van der Waals surface area contributed by atoms with Gasteiger partial charge in [0, 0.05) is 29.0 Å². The SMILES string of the molecule is Cc1ccncc1CNC(=O)c1ccc(Br)c(Cl)c1. The summed E-state index contributed by atoms with van der Waals surface area (Å²) in [5, 5.41) is 3.37. The number of hydrogen-bond donors (Lipinski definition) is 1. The quantitative estimate of drug-likeness (QED) is 0.925. The normalized spacial score (nSPS) is 10.3. The van der Waals surface area contributed by atoms with Crippen molar-refractivity contribution < 1.29 is 4.79 Å². The fraction of sp³-hybridized carbons (Fsp3) is 0.143. The Bertz CT molecular complexity index is 616. The molecule has 0 spiro atoms. The Hall–Kier alpha value is -1.39. The third-order valence-corrected chi connectivity index (χ3v) is 4.00. The molecular weight excluding hydrogens is 328 g/mol. The molecule has 98 valence electrons. The van der Waals surface area contributed by atoms with Crippen molar-refractivity contribution in [3.05, 3.63) is 62.8 Å². The number of halogens is 2. The van der Waals surface area contributed by atoms with Crippen molar-refractivity contribution in [2.75, 3.05) is 0 Å². The van der Waals surface area contributed by atoms with Gasteiger partial charge in [-0.1, -0.05) is 11.6 Å². The lowest BCUT2D eigenvalue weighted by Crippen LogP contribution is -2.23. The molecule has 2 aromatic rings. The number of nitrogens with one attached hydrogen (secondary N) is 1. The van der Waals surface area contributed by atoms with Crippen LogP contribution in [-0.4, -0.2) is 10.9 Å². The van der Waals surface area contributed by atoms with Gasteiger partial charge in [0.25, 0.3) is 5.91 Å². The number of pyridine rings is 1. The summed E-state index contributed by atoms with van der Waals surface area (Å²) in [5.74, 6) is -0.155. The van der Waals surface area contributed by atoms with Crippen LogP contribution < -0.4 is 5.32 Å². The molecule has 0 fully saturated rings. The molecule has 0 aliphatic heterocycles. The standard InChI is InChI=1S/C14H12BrClN2O/c1-9-4-5-17-7-11(9)8-18-14(19)10-2-3-12(15)13(16)6-10/h2-7H,8H2,1H3,(H,18,19). The van der Waals surface area contributed by atoms with Crippen LogP contribution in [0.2, 0.25) is 5.02 Å². The molecule has 0 aliphatic rings. The molecular formula is C14H12BrClN2O. The van der Waals surface area contributed by atoms with Crippen molar-refractivity contribution in [1.29, 1.82) is 0 Å². The second-order valence-electron chi connectivity index (χ2n) is 4.11. The largest absolute Gasteiger partial charge is 0.348 e. The van der Waals surface area contributed by atoms with Crippen LogP contribution in [0.4, 0.5) is 0 Å². The van der Waals surface area contributed by atoms with Gasteiger partial charge in [0.15, 0.2) is 0 Å². The first-order chi connectivity index (χ1) is 9.08. The average molecular weight is 340 g/mol. The van der Waals surface area contributed by atoms with Gasteiger partial charge in [0.05, 0.1) is 5.02 Å². The Morgan fingerprint density at radius 3 is 2.89 bits per heavy atom. The van der Waals surface area contributed by atoms with Crippen LogP contribution in [0.1, 0.15) is 21.5 Å². The predicted molar refractivity (Wildman–Crippen MR) is 79.3 cm³/mol. The van der Waals surface area contributed by atoms with Crippen LogP contribution in [0.5, 0.6) is 0 Å². The van der Waals surface area contributed by atoms with E-state index in [9.17, 15) is 4.79 Å². The average Bonchev–Trinajstić information content (AvgIpc) is 2.40. The van der Waals surface area contributed by atoms with E-state index in [4.69, 9.17) is 11.6 Å². The van der Waals surface area contributed by atoms with Gasteiger partial charge in [0.1, 0.15) is 0 Å². The zero-order valence-corrected chi connectivity index (χ0v) is 12.6. The maximum Gasteiger partial charge on any atom is 0.251 e. The van der Waals surface area contributed by atoms with Gasteiger partial charge in [-0.2, -0.15) is 0 Å². The van der Waals surface area contributed by atoms with E-state index in [0.29, 0.717) is 17.1 Å². The molecule has 1 heterocycles. The highest BCUT2D eigenvalue weighted by Gasteiger charge is 2.08. The van der Waals surface area contributed by atoms with E-state index in [1.807, 2.05) is 13.0 Å². The monoisotopic (exact) mass is 338 g/mol. The van der Waals surface area contributed by atoms with Gasteiger partial charge < -0.3 is 5.32 Å². The Morgan fingerprint density at radius 2 is 2.21 bits per heavy atom. The third kappa shape index (κ3) is 3.55. The first-order valence-electron chi connectivity index (χ1n) is 5.70. The van der Waals surface area contributed by atoms with Gasteiger partial charge in [-0.3, -0.25) is 9.78 Å². The fourth-order valence-corrected chi connectivity index (χ4v) is 2.02. The maximum atomic E-state index is 12.0. The van der Waals surface area contributed by atoms with Crippen molar-refractivity contribution in [3.63, 3.8) is 0 Å². The second-order valence-corrected chi connectivity index (χ2v) is 5.38. The van der Waals surface area contributed by atoms with Gasteiger partial charge in [-0.15, -0.1) is 0 Å². The van der Waals surface area contributed by atoms with E-state index in [-0.39, 0.29) is 5.91 Å². The van der Waals surface area contributed by atoms with E-state index in [1.165, 1.54) is 0 Å². The summed E-state index contributed by atoms with van der Waals surface area (Å²) in [5.41, 5.74) is 2.64. The van der Waals surface area contributed by atoms with E-state index in [1.54, 1.807) is 30.6 Å². The summed E-state index contributed by atoms with van der Waals surface area (Å²) in [4.78, 5) is 16.0.